The number of pyridine rings is 2. The molecule has 3 aromatic heterocycles. The first-order chi connectivity index (χ1) is 11.6. The smallest absolute Gasteiger partial charge is 0.256 e. The molecule has 1 aliphatic carbocycles. The zero-order valence-corrected chi connectivity index (χ0v) is 14.2. The monoisotopic (exact) mass is 355 g/mol. The molecule has 6 heteroatoms. The van der Waals surface area contributed by atoms with Crippen LogP contribution >= 0.6 is 22.9 Å². The molecule has 3 heterocycles. The van der Waals surface area contributed by atoms with Crippen molar-refractivity contribution in [1.29, 1.82) is 0 Å². The summed E-state index contributed by atoms with van der Waals surface area (Å²) in [5.74, 6) is 0.392. The maximum atomic E-state index is 12.3. The lowest BCUT2D eigenvalue weighted by atomic mass is 10.0. The standard InChI is InChI=1S/C18H14ClN3OS/c19-14-9-21-16(20)7-11(14)13-8-22-18(23)12-6-15(24-17(12)13)10-4-2-1-3-5-10/h2,4-9H,1,3H2,(H2,20,21)(H,22,23). The third-order valence-electron chi connectivity index (χ3n) is 4.02. The highest BCUT2D eigenvalue weighted by Crippen LogP contribution is 2.39. The van der Waals surface area contributed by atoms with Gasteiger partial charge in [0.2, 0.25) is 0 Å². The predicted octanol–water partition coefficient (Wildman–Crippen LogP) is 4.62. The van der Waals surface area contributed by atoms with Crippen molar-refractivity contribution >= 4 is 44.4 Å². The van der Waals surface area contributed by atoms with Crippen molar-refractivity contribution in [1.82, 2.24) is 9.97 Å². The van der Waals surface area contributed by atoms with E-state index in [1.165, 1.54) is 6.20 Å². The topological polar surface area (TPSA) is 71.8 Å². The van der Waals surface area contributed by atoms with Gasteiger partial charge in [-0.15, -0.1) is 11.3 Å². The SMILES string of the molecule is Nc1cc(-c2c[nH]c(=O)c3cc(C4=CCCC=C4)sc23)c(Cl)cn1. The summed E-state index contributed by atoms with van der Waals surface area (Å²) in [5, 5.41) is 1.17. The molecule has 24 heavy (non-hydrogen) atoms. The van der Waals surface area contributed by atoms with Crippen molar-refractivity contribution < 1.29 is 0 Å². The van der Waals surface area contributed by atoms with E-state index in [9.17, 15) is 4.79 Å². The van der Waals surface area contributed by atoms with Crippen LogP contribution in [0.5, 0.6) is 0 Å². The van der Waals surface area contributed by atoms with Crippen LogP contribution in [0.15, 0.2) is 47.5 Å². The second kappa shape index (κ2) is 5.92. The Labute approximate surface area is 147 Å². The zero-order chi connectivity index (χ0) is 16.7. The summed E-state index contributed by atoms with van der Waals surface area (Å²) in [6.07, 6.45) is 11.8. The van der Waals surface area contributed by atoms with E-state index >= 15 is 0 Å². The number of halogens is 1. The van der Waals surface area contributed by atoms with Gasteiger partial charge in [0.15, 0.2) is 0 Å². The van der Waals surface area contributed by atoms with Crippen molar-refractivity contribution in [3.05, 3.63) is 63.0 Å². The number of rotatable bonds is 2. The predicted molar refractivity (Wildman–Crippen MR) is 101 cm³/mol. The number of nitrogens with one attached hydrogen (secondary N) is 1. The summed E-state index contributed by atoms with van der Waals surface area (Å²) in [6.45, 7) is 0. The Bertz CT molecular complexity index is 1060. The maximum absolute atomic E-state index is 12.3. The van der Waals surface area contributed by atoms with Crippen LogP contribution in [-0.2, 0) is 0 Å². The number of thiophene rings is 1. The Morgan fingerprint density at radius 1 is 1.25 bits per heavy atom. The summed E-state index contributed by atoms with van der Waals surface area (Å²) < 4.78 is 0.904. The number of nitrogens with zero attached hydrogens (tertiary/aromatic N) is 1. The van der Waals surface area contributed by atoms with Crippen LogP contribution in [0.1, 0.15) is 17.7 Å². The van der Waals surface area contributed by atoms with Gasteiger partial charge in [0, 0.05) is 33.1 Å². The summed E-state index contributed by atoms with van der Waals surface area (Å²) in [6, 6.07) is 3.68. The van der Waals surface area contributed by atoms with Gasteiger partial charge >= 0.3 is 0 Å². The molecular weight excluding hydrogens is 342 g/mol. The van der Waals surface area contributed by atoms with Crippen LogP contribution in [-0.4, -0.2) is 9.97 Å². The third-order valence-corrected chi connectivity index (χ3v) is 5.53. The van der Waals surface area contributed by atoms with E-state index in [0.717, 1.165) is 39.1 Å². The fraction of sp³-hybridized carbons (Fsp3) is 0.111. The first kappa shape index (κ1) is 15.2. The molecular formula is C18H14ClN3OS. The van der Waals surface area contributed by atoms with Crippen molar-refractivity contribution in [3.8, 4) is 11.1 Å². The minimum atomic E-state index is -0.102. The van der Waals surface area contributed by atoms with Gasteiger partial charge in [-0.25, -0.2) is 4.98 Å². The number of aromatic amines is 1. The van der Waals surface area contributed by atoms with E-state index in [-0.39, 0.29) is 5.56 Å². The number of H-pyrrole nitrogens is 1. The Morgan fingerprint density at radius 3 is 2.92 bits per heavy atom. The van der Waals surface area contributed by atoms with E-state index in [0.29, 0.717) is 16.2 Å². The summed E-state index contributed by atoms with van der Waals surface area (Å²) in [7, 11) is 0. The molecule has 3 N–H and O–H groups in total. The Hall–Kier alpha value is -2.37. The Kier molecular flexibility index (Phi) is 3.75. The second-order valence-electron chi connectivity index (χ2n) is 5.61. The molecule has 0 unspecified atom stereocenters. The lowest BCUT2D eigenvalue weighted by molar-refractivity contribution is 1.04. The maximum Gasteiger partial charge on any atom is 0.256 e. The highest BCUT2D eigenvalue weighted by atomic mass is 35.5. The van der Waals surface area contributed by atoms with Crippen LogP contribution < -0.4 is 11.3 Å². The van der Waals surface area contributed by atoms with Crippen LogP contribution in [0.2, 0.25) is 5.02 Å². The van der Waals surface area contributed by atoms with Gasteiger partial charge in [-0.05, 0) is 30.5 Å². The van der Waals surface area contributed by atoms with Gasteiger partial charge in [0.25, 0.3) is 5.56 Å². The molecule has 0 aromatic carbocycles. The van der Waals surface area contributed by atoms with Crippen LogP contribution in [0.25, 0.3) is 26.8 Å². The molecule has 0 fully saturated rings. The largest absolute Gasteiger partial charge is 0.384 e. The number of nitrogens with two attached hydrogens (primary N) is 1. The highest BCUT2D eigenvalue weighted by molar-refractivity contribution is 7.20. The van der Waals surface area contributed by atoms with Crippen LogP contribution in [0.4, 0.5) is 5.82 Å². The Morgan fingerprint density at radius 2 is 2.12 bits per heavy atom. The molecule has 0 radical (unpaired) electrons. The van der Waals surface area contributed by atoms with E-state index in [2.05, 4.69) is 28.2 Å². The van der Waals surface area contributed by atoms with E-state index in [1.807, 2.05) is 6.07 Å². The molecule has 0 atom stereocenters. The number of anilines is 1. The van der Waals surface area contributed by atoms with Gasteiger partial charge in [0.05, 0.1) is 10.4 Å². The molecule has 120 valence electrons. The number of hydrogen-bond acceptors (Lipinski definition) is 4. The molecule has 0 saturated carbocycles. The van der Waals surface area contributed by atoms with Crippen molar-refractivity contribution in [2.24, 2.45) is 0 Å². The van der Waals surface area contributed by atoms with Gasteiger partial charge in [0.1, 0.15) is 5.82 Å². The lowest BCUT2D eigenvalue weighted by Crippen LogP contribution is -2.04. The molecule has 4 nitrogen and oxygen atoms in total. The first-order valence-corrected chi connectivity index (χ1v) is 8.76. The molecule has 1 aliphatic rings. The summed E-state index contributed by atoms with van der Waals surface area (Å²) >= 11 is 7.89. The summed E-state index contributed by atoms with van der Waals surface area (Å²) in [5.41, 5.74) is 8.49. The van der Waals surface area contributed by atoms with Gasteiger partial charge in [-0.3, -0.25) is 4.79 Å². The minimum absolute atomic E-state index is 0.102. The number of hydrogen-bond donors (Lipinski definition) is 2. The minimum Gasteiger partial charge on any atom is -0.384 e. The van der Waals surface area contributed by atoms with Gasteiger partial charge < -0.3 is 10.7 Å². The molecule has 3 aromatic rings. The van der Waals surface area contributed by atoms with Gasteiger partial charge in [-0.2, -0.15) is 0 Å². The van der Waals surface area contributed by atoms with E-state index in [4.69, 9.17) is 17.3 Å². The Balaban J connectivity index is 1.97. The van der Waals surface area contributed by atoms with Crippen molar-refractivity contribution in [2.45, 2.75) is 12.8 Å². The highest BCUT2D eigenvalue weighted by Gasteiger charge is 2.15. The van der Waals surface area contributed by atoms with Crippen molar-refractivity contribution in [2.75, 3.05) is 5.73 Å². The molecule has 0 amide bonds. The fourth-order valence-corrected chi connectivity index (χ4v) is 4.25. The van der Waals surface area contributed by atoms with E-state index < -0.39 is 0 Å². The molecule has 0 saturated heterocycles. The molecule has 0 spiro atoms. The lowest BCUT2D eigenvalue weighted by Gasteiger charge is -2.06. The van der Waals surface area contributed by atoms with Crippen LogP contribution in [0.3, 0.4) is 0 Å². The molecule has 0 aliphatic heterocycles. The fourth-order valence-electron chi connectivity index (χ4n) is 2.84. The normalized spacial score (nSPS) is 14.1. The van der Waals surface area contributed by atoms with Crippen molar-refractivity contribution in [3.63, 3.8) is 0 Å². The quantitative estimate of drug-likeness (QED) is 0.704. The molecule has 0 bridgehead atoms. The van der Waals surface area contributed by atoms with Crippen LogP contribution in [0, 0.1) is 0 Å². The number of allylic oxidation sites excluding steroid dienone is 4. The zero-order valence-electron chi connectivity index (χ0n) is 12.7. The summed E-state index contributed by atoms with van der Waals surface area (Å²) in [4.78, 5) is 20.1. The second-order valence-corrected chi connectivity index (χ2v) is 7.07. The first-order valence-electron chi connectivity index (χ1n) is 7.57. The third kappa shape index (κ3) is 2.56. The number of aromatic nitrogens is 2. The average Bonchev–Trinajstić information content (AvgIpc) is 3.05. The number of nitrogen functional groups attached to an aromatic ring is 1. The van der Waals surface area contributed by atoms with Gasteiger partial charge in [-0.1, -0.05) is 29.8 Å². The van der Waals surface area contributed by atoms with E-state index in [1.54, 1.807) is 23.6 Å². The molecule has 4 rings (SSSR count). The number of fused-ring (bicyclic) bond motifs is 1. The average molecular weight is 356 g/mol.